The molecule has 1 aromatic carbocycles. The molecule has 1 heterocycles. The fourth-order valence-corrected chi connectivity index (χ4v) is 2.09. The molecular formula is C15H19N3O3. The number of rotatable bonds is 6. The van der Waals surface area contributed by atoms with Crippen LogP contribution in [0.15, 0.2) is 30.6 Å². The number of nitrogens with zero attached hydrogens (tertiary/aromatic N) is 3. The van der Waals surface area contributed by atoms with Gasteiger partial charge in [0.25, 0.3) is 0 Å². The van der Waals surface area contributed by atoms with Crippen LogP contribution in [0.5, 0.6) is 5.75 Å². The van der Waals surface area contributed by atoms with E-state index in [9.17, 15) is 4.79 Å². The molecule has 0 saturated carbocycles. The number of para-hydroxylation sites is 1. The zero-order chi connectivity index (χ0) is 15.2. The van der Waals surface area contributed by atoms with E-state index in [0.29, 0.717) is 5.82 Å². The van der Waals surface area contributed by atoms with E-state index in [-0.39, 0.29) is 24.9 Å². The van der Waals surface area contributed by atoms with Gasteiger partial charge < -0.3 is 9.47 Å². The number of carbonyl (C=O) groups excluding carboxylic acids is 1. The third-order valence-corrected chi connectivity index (χ3v) is 3.31. The molecule has 0 radical (unpaired) electrons. The monoisotopic (exact) mass is 289 g/mol. The second-order valence-electron chi connectivity index (χ2n) is 4.81. The quantitative estimate of drug-likeness (QED) is 0.761. The van der Waals surface area contributed by atoms with Crippen molar-refractivity contribution < 1.29 is 14.3 Å². The van der Waals surface area contributed by atoms with E-state index >= 15 is 0 Å². The molecule has 1 atom stereocenters. The normalized spacial score (nSPS) is 12.0. The Labute approximate surface area is 123 Å². The van der Waals surface area contributed by atoms with Crippen LogP contribution in [-0.2, 0) is 23.2 Å². The number of carbonyl (C=O) groups is 1. The van der Waals surface area contributed by atoms with Crippen molar-refractivity contribution >= 4 is 5.97 Å². The van der Waals surface area contributed by atoms with Gasteiger partial charge in [0.15, 0.2) is 12.4 Å². The topological polar surface area (TPSA) is 66.2 Å². The molecular weight excluding hydrogens is 270 g/mol. The summed E-state index contributed by atoms with van der Waals surface area (Å²) in [6.07, 6.45) is 1.72. The molecule has 6 nitrogen and oxygen atoms in total. The summed E-state index contributed by atoms with van der Waals surface area (Å²) in [5, 5.41) is 3.92. The number of benzene rings is 1. The summed E-state index contributed by atoms with van der Waals surface area (Å²) in [6, 6.07) is 7.68. The number of hydrogen-bond donors (Lipinski definition) is 0. The van der Waals surface area contributed by atoms with Crippen LogP contribution in [-0.4, -0.2) is 27.8 Å². The van der Waals surface area contributed by atoms with Crippen LogP contribution in [0.2, 0.25) is 0 Å². The third-order valence-electron chi connectivity index (χ3n) is 3.31. The van der Waals surface area contributed by atoms with Crippen molar-refractivity contribution in [2.45, 2.75) is 25.9 Å². The van der Waals surface area contributed by atoms with E-state index in [0.717, 1.165) is 11.3 Å². The predicted octanol–water partition coefficient (Wildman–Crippen LogP) is 2.06. The molecule has 2 rings (SSSR count). The first-order chi connectivity index (χ1) is 10.1. The summed E-state index contributed by atoms with van der Waals surface area (Å²) in [7, 11) is 3.38. The second kappa shape index (κ2) is 6.88. The zero-order valence-electron chi connectivity index (χ0n) is 12.4. The van der Waals surface area contributed by atoms with Gasteiger partial charge >= 0.3 is 5.97 Å². The molecule has 6 heteroatoms. The summed E-state index contributed by atoms with van der Waals surface area (Å²) in [5.74, 6) is 1.16. The number of hydrogen-bond acceptors (Lipinski definition) is 5. The van der Waals surface area contributed by atoms with Gasteiger partial charge in [-0.15, -0.1) is 0 Å². The highest BCUT2D eigenvalue weighted by molar-refractivity contribution is 5.70. The van der Waals surface area contributed by atoms with Crippen molar-refractivity contribution in [2.24, 2.45) is 7.05 Å². The molecule has 112 valence electrons. The lowest BCUT2D eigenvalue weighted by Gasteiger charge is -2.14. The van der Waals surface area contributed by atoms with Crippen molar-refractivity contribution in [3.05, 3.63) is 42.0 Å². The lowest BCUT2D eigenvalue weighted by atomic mass is 9.97. The Morgan fingerprint density at radius 2 is 2.14 bits per heavy atom. The summed E-state index contributed by atoms with van der Waals surface area (Å²) in [4.78, 5) is 15.9. The fourth-order valence-electron chi connectivity index (χ4n) is 2.09. The number of methoxy groups -OCH3 is 1. The molecule has 0 bridgehead atoms. The van der Waals surface area contributed by atoms with E-state index in [1.54, 1.807) is 18.8 Å². The van der Waals surface area contributed by atoms with E-state index in [4.69, 9.17) is 9.47 Å². The minimum atomic E-state index is -0.267. The van der Waals surface area contributed by atoms with Gasteiger partial charge in [-0.25, -0.2) is 4.98 Å². The highest BCUT2D eigenvalue weighted by Gasteiger charge is 2.16. The first-order valence-electron chi connectivity index (χ1n) is 6.73. The first kappa shape index (κ1) is 15.0. The van der Waals surface area contributed by atoms with Crippen LogP contribution in [0.25, 0.3) is 0 Å². The van der Waals surface area contributed by atoms with Crippen LogP contribution in [0, 0.1) is 0 Å². The van der Waals surface area contributed by atoms with Crippen molar-refractivity contribution in [1.82, 2.24) is 14.8 Å². The second-order valence-corrected chi connectivity index (χ2v) is 4.81. The fraction of sp³-hybridized carbons (Fsp3) is 0.400. The molecule has 0 aliphatic rings. The highest BCUT2D eigenvalue weighted by Crippen LogP contribution is 2.28. The average Bonchev–Trinajstić information content (AvgIpc) is 2.90. The van der Waals surface area contributed by atoms with E-state index in [2.05, 4.69) is 10.1 Å². The van der Waals surface area contributed by atoms with Gasteiger partial charge in [0.2, 0.25) is 0 Å². The predicted molar refractivity (Wildman–Crippen MR) is 76.8 cm³/mol. The Balaban J connectivity index is 1.91. The van der Waals surface area contributed by atoms with Crippen LogP contribution >= 0.6 is 0 Å². The van der Waals surface area contributed by atoms with Crippen molar-refractivity contribution in [3.63, 3.8) is 0 Å². The summed E-state index contributed by atoms with van der Waals surface area (Å²) in [5.41, 5.74) is 0.996. The van der Waals surface area contributed by atoms with Gasteiger partial charge in [0, 0.05) is 7.05 Å². The van der Waals surface area contributed by atoms with Crippen molar-refractivity contribution in [2.75, 3.05) is 7.11 Å². The minimum Gasteiger partial charge on any atom is -0.496 e. The van der Waals surface area contributed by atoms with E-state index < -0.39 is 0 Å². The maximum Gasteiger partial charge on any atom is 0.306 e. The minimum absolute atomic E-state index is 0.0214. The van der Waals surface area contributed by atoms with Gasteiger partial charge in [-0.1, -0.05) is 25.1 Å². The van der Waals surface area contributed by atoms with Crippen molar-refractivity contribution in [1.29, 1.82) is 0 Å². The van der Waals surface area contributed by atoms with Gasteiger partial charge in [0.1, 0.15) is 12.1 Å². The molecule has 0 spiro atoms. The Hall–Kier alpha value is -2.37. The molecule has 21 heavy (non-hydrogen) atoms. The van der Waals surface area contributed by atoms with Crippen LogP contribution in [0.1, 0.15) is 30.7 Å². The van der Waals surface area contributed by atoms with Gasteiger partial charge in [-0.05, 0) is 17.5 Å². The van der Waals surface area contributed by atoms with E-state index in [1.807, 2.05) is 31.2 Å². The summed E-state index contributed by atoms with van der Waals surface area (Å²) in [6.45, 7) is 2.11. The number of aryl methyl sites for hydroxylation is 1. The van der Waals surface area contributed by atoms with Gasteiger partial charge in [0.05, 0.1) is 13.5 Å². The molecule has 0 saturated heterocycles. The standard InChI is InChI=1S/C15H19N3O3/c1-11(12-6-4-5-7-13(12)20-3)8-15(19)21-9-14-16-10-17-18(14)2/h4-7,10-11H,8-9H2,1-3H3/t11-/m1/s1. The SMILES string of the molecule is COc1ccccc1[C@H](C)CC(=O)OCc1ncnn1C. The molecule has 0 aliphatic heterocycles. The molecule has 1 aromatic heterocycles. The Bertz CT molecular complexity index is 610. The van der Waals surface area contributed by atoms with Crippen LogP contribution in [0.3, 0.4) is 0 Å². The Kier molecular flexibility index (Phi) is 4.92. The number of aromatic nitrogens is 3. The van der Waals surface area contributed by atoms with E-state index in [1.165, 1.54) is 6.33 Å². The lowest BCUT2D eigenvalue weighted by Crippen LogP contribution is -2.11. The Morgan fingerprint density at radius 3 is 2.81 bits per heavy atom. The number of ether oxygens (including phenoxy) is 2. The molecule has 0 fully saturated rings. The van der Waals surface area contributed by atoms with Crippen LogP contribution < -0.4 is 4.74 Å². The van der Waals surface area contributed by atoms with Gasteiger partial charge in [-0.3, -0.25) is 9.48 Å². The summed E-state index contributed by atoms with van der Waals surface area (Å²) >= 11 is 0. The largest absolute Gasteiger partial charge is 0.496 e. The number of esters is 1. The van der Waals surface area contributed by atoms with Gasteiger partial charge in [-0.2, -0.15) is 5.10 Å². The zero-order valence-corrected chi connectivity index (χ0v) is 12.4. The smallest absolute Gasteiger partial charge is 0.306 e. The molecule has 0 amide bonds. The van der Waals surface area contributed by atoms with Crippen LogP contribution in [0.4, 0.5) is 0 Å². The first-order valence-corrected chi connectivity index (χ1v) is 6.73. The lowest BCUT2D eigenvalue weighted by molar-refractivity contribution is -0.145. The van der Waals surface area contributed by atoms with Crippen molar-refractivity contribution in [3.8, 4) is 5.75 Å². The third kappa shape index (κ3) is 3.81. The maximum absolute atomic E-state index is 11.9. The molecule has 0 aliphatic carbocycles. The molecule has 0 unspecified atom stereocenters. The maximum atomic E-state index is 11.9. The summed E-state index contributed by atoms with van der Waals surface area (Å²) < 4.78 is 12.1. The Morgan fingerprint density at radius 1 is 1.38 bits per heavy atom. The molecule has 2 aromatic rings. The molecule has 0 N–H and O–H groups in total. The average molecular weight is 289 g/mol. The highest BCUT2D eigenvalue weighted by atomic mass is 16.5.